The molecule has 0 aliphatic carbocycles. The molecular formula is C41H44FN2O7PS. The van der Waals surface area contributed by atoms with Crippen LogP contribution in [0, 0.1) is 5.82 Å². The number of rotatable bonds is 16. The van der Waals surface area contributed by atoms with E-state index in [-0.39, 0.29) is 23.6 Å². The van der Waals surface area contributed by atoms with E-state index >= 15 is 4.39 Å². The van der Waals surface area contributed by atoms with Gasteiger partial charge in [0.25, 0.3) is 10.0 Å². The van der Waals surface area contributed by atoms with Gasteiger partial charge in [0.2, 0.25) is 0 Å². The summed E-state index contributed by atoms with van der Waals surface area (Å²) in [5.41, 5.74) is -0.429. The van der Waals surface area contributed by atoms with Crippen molar-refractivity contribution >= 4 is 39.6 Å². The van der Waals surface area contributed by atoms with Gasteiger partial charge in [-0.3, -0.25) is 0 Å². The quantitative estimate of drug-likeness (QED) is 0.0799. The first-order chi connectivity index (χ1) is 25.4. The topological polar surface area (TPSA) is 111 Å². The van der Waals surface area contributed by atoms with Crippen molar-refractivity contribution in [3.05, 3.63) is 145 Å². The zero-order valence-electron chi connectivity index (χ0n) is 30.0. The lowest BCUT2D eigenvalue weighted by Crippen LogP contribution is -2.41. The molecule has 0 aromatic heterocycles. The van der Waals surface area contributed by atoms with Crippen LogP contribution in [-0.4, -0.2) is 46.2 Å². The largest absolute Gasteiger partial charge is 0.493 e. The molecular weight excluding hydrogens is 714 g/mol. The summed E-state index contributed by atoms with van der Waals surface area (Å²) in [4.78, 5) is 13.0. The van der Waals surface area contributed by atoms with E-state index in [0.717, 1.165) is 28.7 Å². The Morgan fingerprint density at radius 2 is 1.32 bits per heavy atom. The Hall–Kier alpha value is -4.96. The summed E-state index contributed by atoms with van der Waals surface area (Å²) in [6, 6.07) is 37.5. The van der Waals surface area contributed by atoms with Crippen LogP contribution in [0.1, 0.15) is 32.8 Å². The molecule has 0 spiro atoms. The SMILES string of the molecule is CC(C)(C)OC(=O)N(c1cc(OCCCNCCc2ccc(OCP(=O)(c3ccccc3)c3ccccc3)cc2)ccc1F)S(=O)(=O)c1ccccc1. The smallest absolute Gasteiger partial charge is 0.429 e. The highest BCUT2D eigenvalue weighted by Crippen LogP contribution is 2.43. The number of amides is 1. The van der Waals surface area contributed by atoms with Crippen molar-refractivity contribution in [2.75, 3.05) is 30.3 Å². The molecule has 53 heavy (non-hydrogen) atoms. The van der Waals surface area contributed by atoms with Gasteiger partial charge in [0, 0.05) is 16.7 Å². The number of halogens is 1. The average molecular weight is 759 g/mol. The van der Waals surface area contributed by atoms with Crippen LogP contribution in [0.3, 0.4) is 0 Å². The minimum atomic E-state index is -4.52. The summed E-state index contributed by atoms with van der Waals surface area (Å²) >= 11 is 0. The summed E-state index contributed by atoms with van der Waals surface area (Å²) < 4.78 is 74.1. The third kappa shape index (κ3) is 10.6. The van der Waals surface area contributed by atoms with Gasteiger partial charge >= 0.3 is 6.09 Å². The Morgan fingerprint density at radius 1 is 0.755 bits per heavy atom. The summed E-state index contributed by atoms with van der Waals surface area (Å²) in [7, 11) is -7.52. The van der Waals surface area contributed by atoms with Gasteiger partial charge < -0.3 is 24.1 Å². The van der Waals surface area contributed by atoms with E-state index in [9.17, 15) is 17.8 Å². The van der Waals surface area contributed by atoms with Crippen LogP contribution in [0.4, 0.5) is 14.9 Å². The van der Waals surface area contributed by atoms with Gasteiger partial charge in [0.05, 0.1) is 11.5 Å². The minimum Gasteiger partial charge on any atom is -0.493 e. The minimum absolute atomic E-state index is 0.0536. The molecule has 5 rings (SSSR count). The van der Waals surface area contributed by atoms with Crippen molar-refractivity contribution in [1.29, 1.82) is 0 Å². The molecule has 1 amide bonds. The number of hydrogen-bond acceptors (Lipinski definition) is 8. The van der Waals surface area contributed by atoms with Gasteiger partial charge in [-0.15, -0.1) is 0 Å². The fraction of sp³-hybridized carbons (Fsp3) is 0.244. The van der Waals surface area contributed by atoms with E-state index in [1.54, 1.807) is 26.8 Å². The van der Waals surface area contributed by atoms with E-state index in [0.29, 0.717) is 29.6 Å². The van der Waals surface area contributed by atoms with E-state index in [2.05, 4.69) is 5.32 Å². The maximum absolute atomic E-state index is 15.2. The average Bonchev–Trinajstić information content (AvgIpc) is 3.15. The number of carbonyl (C=O) groups excluding carboxylic acids is 1. The Morgan fingerprint density at radius 3 is 1.91 bits per heavy atom. The zero-order chi connectivity index (χ0) is 37.9. The number of hydrogen-bond donors (Lipinski definition) is 1. The molecule has 0 radical (unpaired) electrons. The van der Waals surface area contributed by atoms with Crippen molar-refractivity contribution in [3.63, 3.8) is 0 Å². The number of carbonyl (C=O) groups is 1. The lowest BCUT2D eigenvalue weighted by Gasteiger charge is -2.27. The lowest BCUT2D eigenvalue weighted by atomic mass is 10.1. The molecule has 0 atom stereocenters. The Bertz CT molecular complexity index is 2050. The van der Waals surface area contributed by atoms with E-state index in [1.165, 1.54) is 36.4 Å². The first-order valence-corrected chi connectivity index (χ1v) is 20.6. The molecule has 0 saturated heterocycles. The van der Waals surface area contributed by atoms with Crippen molar-refractivity contribution in [3.8, 4) is 11.5 Å². The van der Waals surface area contributed by atoms with Crippen LogP contribution >= 0.6 is 7.14 Å². The van der Waals surface area contributed by atoms with Crippen LogP contribution < -0.4 is 29.7 Å². The number of nitrogens with one attached hydrogen (secondary N) is 1. The van der Waals surface area contributed by atoms with E-state index < -0.39 is 40.4 Å². The predicted molar refractivity (Wildman–Crippen MR) is 207 cm³/mol. The zero-order valence-corrected chi connectivity index (χ0v) is 31.7. The Labute approximate surface area is 311 Å². The second kappa shape index (κ2) is 17.7. The first-order valence-electron chi connectivity index (χ1n) is 17.3. The third-order valence-electron chi connectivity index (χ3n) is 8.02. The van der Waals surface area contributed by atoms with Crippen molar-refractivity contribution in [1.82, 2.24) is 5.32 Å². The highest BCUT2D eigenvalue weighted by molar-refractivity contribution is 7.93. The number of ether oxygens (including phenoxy) is 3. The number of benzene rings is 5. The molecule has 12 heteroatoms. The maximum atomic E-state index is 15.2. The highest BCUT2D eigenvalue weighted by atomic mass is 32.2. The van der Waals surface area contributed by atoms with Gasteiger partial charge in [0.1, 0.15) is 35.0 Å². The molecule has 0 aliphatic rings. The first kappa shape index (κ1) is 39.3. The van der Waals surface area contributed by atoms with E-state index in [4.69, 9.17) is 14.2 Å². The van der Waals surface area contributed by atoms with Crippen molar-refractivity contribution in [2.45, 2.75) is 44.1 Å². The fourth-order valence-electron chi connectivity index (χ4n) is 5.36. The van der Waals surface area contributed by atoms with Crippen LogP contribution in [0.2, 0.25) is 0 Å². The van der Waals surface area contributed by atoms with Gasteiger partial charge in [-0.25, -0.2) is 17.6 Å². The standard InChI is InChI=1S/C41H44FN2O7PS/c1-41(2,3)51-40(45)44(53(47,48)37-18-11-6-12-19-37)39-30-34(24-25-38(39)42)49-29-13-27-43-28-26-32-20-22-33(23-21-32)50-31-52(46,35-14-7-4-8-15-35)36-16-9-5-10-17-36/h4-12,14-25,30,43H,13,26-29,31H2,1-3H3. The number of nitrogens with zero attached hydrogens (tertiary/aromatic N) is 1. The molecule has 9 nitrogen and oxygen atoms in total. The summed E-state index contributed by atoms with van der Waals surface area (Å²) in [5.74, 6) is -0.0884. The molecule has 0 saturated carbocycles. The molecule has 5 aromatic carbocycles. The summed E-state index contributed by atoms with van der Waals surface area (Å²) in [5, 5.41) is 4.87. The predicted octanol–water partition coefficient (Wildman–Crippen LogP) is 7.91. The Kier molecular flexibility index (Phi) is 13.1. The molecule has 0 unspecified atom stereocenters. The summed E-state index contributed by atoms with van der Waals surface area (Å²) in [6.45, 7) is 6.38. The molecule has 0 heterocycles. The lowest BCUT2D eigenvalue weighted by molar-refractivity contribution is 0.0608. The van der Waals surface area contributed by atoms with Crippen LogP contribution in [0.15, 0.2) is 138 Å². The molecule has 0 fully saturated rings. The molecule has 0 bridgehead atoms. The summed E-state index contributed by atoms with van der Waals surface area (Å²) in [6.07, 6.45) is 0.199. The fourth-order valence-corrected chi connectivity index (χ4v) is 8.94. The normalized spacial score (nSPS) is 11.8. The monoisotopic (exact) mass is 758 g/mol. The van der Waals surface area contributed by atoms with E-state index in [1.807, 2.05) is 84.9 Å². The highest BCUT2D eigenvalue weighted by Gasteiger charge is 2.36. The molecule has 5 aromatic rings. The second-order valence-corrected chi connectivity index (χ2v) is 17.8. The van der Waals surface area contributed by atoms with Gasteiger partial charge in [-0.1, -0.05) is 91.0 Å². The van der Waals surface area contributed by atoms with Crippen LogP contribution in [0.5, 0.6) is 11.5 Å². The number of anilines is 1. The molecule has 1 N–H and O–H groups in total. The second-order valence-electron chi connectivity index (χ2n) is 13.2. The van der Waals surface area contributed by atoms with Gasteiger partial charge in [0.15, 0.2) is 7.14 Å². The maximum Gasteiger partial charge on any atom is 0.429 e. The van der Waals surface area contributed by atoms with Crippen molar-refractivity contribution < 1.29 is 36.4 Å². The Balaban J connectivity index is 1.11. The van der Waals surface area contributed by atoms with Crippen LogP contribution in [-0.2, 0) is 25.7 Å². The number of sulfonamides is 1. The third-order valence-corrected chi connectivity index (χ3v) is 12.5. The van der Waals surface area contributed by atoms with Gasteiger partial charge in [-0.05, 0) is 88.7 Å². The van der Waals surface area contributed by atoms with Gasteiger partial charge in [-0.2, -0.15) is 4.31 Å². The van der Waals surface area contributed by atoms with Crippen molar-refractivity contribution in [2.24, 2.45) is 0 Å². The van der Waals surface area contributed by atoms with Crippen LogP contribution in [0.25, 0.3) is 0 Å². The molecule has 278 valence electrons. The molecule has 0 aliphatic heterocycles.